The lowest BCUT2D eigenvalue weighted by Gasteiger charge is -2.14. The Morgan fingerprint density at radius 1 is 1.50 bits per heavy atom. The SMILES string of the molecule is CC(C)CCCOC(CN)c1cc(Br)cs1. The summed E-state index contributed by atoms with van der Waals surface area (Å²) in [6.07, 6.45) is 2.38. The van der Waals surface area contributed by atoms with Crippen molar-refractivity contribution in [1.29, 1.82) is 0 Å². The molecule has 4 heteroatoms. The van der Waals surface area contributed by atoms with Crippen molar-refractivity contribution in [3.05, 3.63) is 20.8 Å². The van der Waals surface area contributed by atoms with Crippen LogP contribution in [0.4, 0.5) is 0 Å². The second-order valence-corrected chi connectivity index (χ2v) is 6.16. The molecule has 0 aliphatic rings. The Labute approximate surface area is 110 Å². The second kappa shape index (κ2) is 7.43. The van der Waals surface area contributed by atoms with E-state index in [0.29, 0.717) is 6.54 Å². The van der Waals surface area contributed by atoms with Crippen molar-refractivity contribution < 1.29 is 4.74 Å². The summed E-state index contributed by atoms with van der Waals surface area (Å²) in [5.41, 5.74) is 5.72. The number of nitrogens with two attached hydrogens (primary N) is 1. The van der Waals surface area contributed by atoms with Crippen LogP contribution >= 0.6 is 27.3 Å². The van der Waals surface area contributed by atoms with Crippen molar-refractivity contribution >= 4 is 27.3 Å². The van der Waals surface area contributed by atoms with E-state index in [-0.39, 0.29) is 6.10 Å². The zero-order chi connectivity index (χ0) is 12.0. The first-order chi connectivity index (χ1) is 7.63. The van der Waals surface area contributed by atoms with Crippen molar-refractivity contribution in [3.8, 4) is 0 Å². The molecule has 1 atom stereocenters. The van der Waals surface area contributed by atoms with E-state index >= 15 is 0 Å². The Hall–Kier alpha value is 0.1000. The molecule has 0 amide bonds. The van der Waals surface area contributed by atoms with Crippen molar-refractivity contribution in [1.82, 2.24) is 0 Å². The molecule has 0 bridgehead atoms. The third-order valence-corrected chi connectivity index (χ3v) is 4.15. The molecule has 1 rings (SSSR count). The third-order valence-electron chi connectivity index (χ3n) is 2.36. The van der Waals surface area contributed by atoms with Crippen molar-refractivity contribution in [2.24, 2.45) is 11.7 Å². The van der Waals surface area contributed by atoms with Crippen LogP contribution in [0.5, 0.6) is 0 Å². The average Bonchev–Trinajstić information content (AvgIpc) is 2.64. The van der Waals surface area contributed by atoms with Crippen LogP contribution in [0.25, 0.3) is 0 Å². The molecule has 0 aliphatic heterocycles. The summed E-state index contributed by atoms with van der Waals surface area (Å²) in [4.78, 5) is 1.21. The van der Waals surface area contributed by atoms with E-state index in [4.69, 9.17) is 10.5 Å². The molecule has 1 aromatic rings. The van der Waals surface area contributed by atoms with Gasteiger partial charge in [0.15, 0.2) is 0 Å². The minimum absolute atomic E-state index is 0.0588. The molecule has 0 saturated carbocycles. The molecule has 2 N–H and O–H groups in total. The topological polar surface area (TPSA) is 35.2 Å². The van der Waals surface area contributed by atoms with E-state index in [1.54, 1.807) is 11.3 Å². The lowest BCUT2D eigenvalue weighted by molar-refractivity contribution is 0.0569. The highest BCUT2D eigenvalue weighted by molar-refractivity contribution is 9.10. The Bertz CT molecular complexity index is 301. The molecule has 92 valence electrons. The van der Waals surface area contributed by atoms with Gasteiger partial charge < -0.3 is 10.5 Å². The van der Waals surface area contributed by atoms with E-state index in [9.17, 15) is 0 Å². The maximum absolute atomic E-state index is 5.81. The molecule has 1 unspecified atom stereocenters. The number of hydrogen-bond donors (Lipinski definition) is 1. The summed E-state index contributed by atoms with van der Waals surface area (Å²) in [6, 6.07) is 2.09. The number of hydrogen-bond acceptors (Lipinski definition) is 3. The summed E-state index contributed by atoms with van der Waals surface area (Å²) >= 11 is 5.14. The molecular weight excluding hydrogens is 286 g/mol. The van der Waals surface area contributed by atoms with Crippen LogP contribution in [0.1, 0.15) is 37.7 Å². The Morgan fingerprint density at radius 2 is 2.25 bits per heavy atom. The first-order valence-electron chi connectivity index (χ1n) is 5.69. The van der Waals surface area contributed by atoms with Crippen LogP contribution < -0.4 is 5.73 Å². The first-order valence-corrected chi connectivity index (χ1v) is 7.36. The van der Waals surface area contributed by atoms with Crippen molar-refractivity contribution in [3.63, 3.8) is 0 Å². The summed E-state index contributed by atoms with van der Waals surface area (Å²) in [6.45, 7) is 5.82. The number of thiophene rings is 1. The molecule has 0 aliphatic carbocycles. The van der Waals surface area contributed by atoms with E-state index in [2.05, 4.69) is 41.2 Å². The van der Waals surface area contributed by atoms with Gasteiger partial charge in [-0.2, -0.15) is 0 Å². The van der Waals surface area contributed by atoms with E-state index in [0.717, 1.165) is 23.4 Å². The van der Waals surface area contributed by atoms with Crippen molar-refractivity contribution in [2.45, 2.75) is 32.8 Å². The monoisotopic (exact) mass is 305 g/mol. The van der Waals surface area contributed by atoms with Crippen LogP contribution in [0.2, 0.25) is 0 Å². The maximum Gasteiger partial charge on any atom is 0.104 e. The van der Waals surface area contributed by atoms with Gasteiger partial charge in [0.2, 0.25) is 0 Å². The smallest absolute Gasteiger partial charge is 0.104 e. The number of halogens is 1. The molecule has 0 aromatic carbocycles. The van der Waals surface area contributed by atoms with E-state index in [1.165, 1.54) is 11.3 Å². The van der Waals surface area contributed by atoms with E-state index < -0.39 is 0 Å². The predicted octanol–water partition coefficient (Wildman–Crippen LogP) is 3.96. The summed E-state index contributed by atoms with van der Waals surface area (Å²) in [5.74, 6) is 0.746. The van der Waals surface area contributed by atoms with Gasteiger partial charge in [0.1, 0.15) is 6.10 Å². The molecule has 0 fully saturated rings. The fourth-order valence-electron chi connectivity index (χ4n) is 1.48. The molecular formula is C12H20BrNOS. The molecule has 0 spiro atoms. The van der Waals surface area contributed by atoms with Crippen LogP contribution in [-0.2, 0) is 4.74 Å². The Balaban J connectivity index is 2.32. The molecule has 0 saturated heterocycles. The Kier molecular flexibility index (Phi) is 6.58. The van der Waals surface area contributed by atoms with Crippen LogP contribution in [0.15, 0.2) is 15.9 Å². The van der Waals surface area contributed by atoms with Gasteiger partial charge in [0.25, 0.3) is 0 Å². The lowest BCUT2D eigenvalue weighted by Crippen LogP contribution is -2.15. The lowest BCUT2D eigenvalue weighted by atomic mass is 10.1. The molecule has 0 radical (unpaired) electrons. The molecule has 1 aromatic heterocycles. The second-order valence-electron chi connectivity index (χ2n) is 4.30. The zero-order valence-electron chi connectivity index (χ0n) is 9.91. The van der Waals surface area contributed by atoms with Gasteiger partial charge in [-0.25, -0.2) is 0 Å². The molecule has 1 heterocycles. The zero-order valence-corrected chi connectivity index (χ0v) is 12.3. The highest BCUT2D eigenvalue weighted by Gasteiger charge is 2.12. The molecule has 16 heavy (non-hydrogen) atoms. The van der Waals surface area contributed by atoms with Gasteiger partial charge in [0.05, 0.1) is 0 Å². The predicted molar refractivity (Wildman–Crippen MR) is 73.8 cm³/mol. The highest BCUT2D eigenvalue weighted by atomic mass is 79.9. The van der Waals surface area contributed by atoms with Gasteiger partial charge in [-0.1, -0.05) is 13.8 Å². The number of ether oxygens (including phenoxy) is 1. The standard InChI is InChI=1S/C12H20BrNOS/c1-9(2)4-3-5-15-11(7-14)12-6-10(13)8-16-12/h6,8-9,11H,3-5,7,14H2,1-2H3. The van der Waals surface area contributed by atoms with Gasteiger partial charge in [-0.15, -0.1) is 11.3 Å². The largest absolute Gasteiger partial charge is 0.371 e. The fourth-order valence-corrected chi connectivity index (χ4v) is 2.99. The van der Waals surface area contributed by atoms with Crippen LogP contribution in [-0.4, -0.2) is 13.2 Å². The van der Waals surface area contributed by atoms with Gasteiger partial charge in [-0.05, 0) is 40.8 Å². The minimum atomic E-state index is 0.0588. The third kappa shape index (κ3) is 4.95. The normalized spacial score (nSPS) is 13.3. The quantitative estimate of drug-likeness (QED) is 0.774. The van der Waals surface area contributed by atoms with Gasteiger partial charge in [-0.3, -0.25) is 0 Å². The van der Waals surface area contributed by atoms with Crippen LogP contribution in [0.3, 0.4) is 0 Å². The van der Waals surface area contributed by atoms with Crippen LogP contribution in [0, 0.1) is 5.92 Å². The van der Waals surface area contributed by atoms with Crippen molar-refractivity contribution in [2.75, 3.05) is 13.2 Å². The maximum atomic E-state index is 5.81. The minimum Gasteiger partial charge on any atom is -0.371 e. The highest BCUT2D eigenvalue weighted by Crippen LogP contribution is 2.27. The fraction of sp³-hybridized carbons (Fsp3) is 0.667. The molecule has 2 nitrogen and oxygen atoms in total. The van der Waals surface area contributed by atoms with Gasteiger partial charge in [0, 0.05) is 27.9 Å². The number of rotatable bonds is 7. The first kappa shape index (κ1) is 14.2. The summed E-state index contributed by atoms with van der Waals surface area (Å²) in [5, 5.41) is 2.06. The van der Waals surface area contributed by atoms with E-state index in [1.807, 2.05) is 0 Å². The average molecular weight is 306 g/mol. The summed E-state index contributed by atoms with van der Waals surface area (Å²) < 4.78 is 6.91. The summed E-state index contributed by atoms with van der Waals surface area (Å²) in [7, 11) is 0. The Morgan fingerprint density at radius 3 is 2.75 bits per heavy atom. The van der Waals surface area contributed by atoms with Gasteiger partial charge >= 0.3 is 0 Å².